The van der Waals surface area contributed by atoms with E-state index in [1.54, 1.807) is 17.5 Å². The van der Waals surface area contributed by atoms with E-state index in [-0.39, 0.29) is 11.9 Å². The van der Waals surface area contributed by atoms with Gasteiger partial charge in [-0.05, 0) is 25.0 Å². The molecule has 2 aromatic rings. The number of thiazole rings is 1. The van der Waals surface area contributed by atoms with Crippen molar-refractivity contribution >= 4 is 28.6 Å². The molecule has 6 heteroatoms. The van der Waals surface area contributed by atoms with Gasteiger partial charge in [0, 0.05) is 11.6 Å². The summed E-state index contributed by atoms with van der Waals surface area (Å²) >= 11 is 2.95. The van der Waals surface area contributed by atoms with Gasteiger partial charge >= 0.3 is 0 Å². The van der Waals surface area contributed by atoms with E-state index in [4.69, 9.17) is 5.73 Å². The van der Waals surface area contributed by atoms with Crippen molar-refractivity contribution in [2.45, 2.75) is 26.3 Å². The van der Waals surface area contributed by atoms with Crippen LogP contribution in [0.25, 0.3) is 0 Å². The normalized spacial score (nSPS) is 11.6. The van der Waals surface area contributed by atoms with Gasteiger partial charge in [-0.25, -0.2) is 4.98 Å². The van der Waals surface area contributed by atoms with Crippen LogP contribution < -0.4 is 11.1 Å². The van der Waals surface area contributed by atoms with Crippen molar-refractivity contribution in [1.29, 1.82) is 0 Å². The molecule has 1 amide bonds. The molecule has 2 rings (SSSR count). The third-order valence-electron chi connectivity index (χ3n) is 2.91. The first-order chi connectivity index (χ1) is 10.2. The molecule has 0 saturated carbocycles. The van der Waals surface area contributed by atoms with E-state index < -0.39 is 0 Å². The molecular formula is C15H17N3OS2. The van der Waals surface area contributed by atoms with Crippen LogP contribution in [0.4, 0.5) is 0 Å². The summed E-state index contributed by atoms with van der Waals surface area (Å²) in [7, 11) is 0. The molecule has 3 N–H and O–H groups in total. The van der Waals surface area contributed by atoms with Crippen LogP contribution in [0.5, 0.6) is 0 Å². The molecule has 1 unspecified atom stereocenters. The maximum atomic E-state index is 12.4. The minimum atomic E-state index is -0.0778. The highest BCUT2D eigenvalue weighted by Crippen LogP contribution is 2.23. The highest BCUT2D eigenvalue weighted by Gasteiger charge is 2.18. The van der Waals surface area contributed by atoms with Crippen molar-refractivity contribution in [2.75, 3.05) is 6.54 Å². The monoisotopic (exact) mass is 319 g/mol. The van der Waals surface area contributed by atoms with Crippen LogP contribution in [-0.2, 0) is 0 Å². The van der Waals surface area contributed by atoms with Crippen LogP contribution in [0.15, 0.2) is 17.6 Å². The first-order valence-electron chi connectivity index (χ1n) is 6.65. The standard InChI is InChI=1S/C15H17N3OS2/c1-3-11(15-17-7-8-20-15)18-14(19)13-9-10(2)12(21-13)5-4-6-16/h7-9,11H,3,6,16H2,1-2H3,(H,18,19). The van der Waals surface area contributed by atoms with E-state index in [1.165, 1.54) is 11.3 Å². The fraction of sp³-hybridized carbons (Fsp3) is 0.333. The number of aromatic nitrogens is 1. The van der Waals surface area contributed by atoms with Crippen molar-refractivity contribution in [3.63, 3.8) is 0 Å². The smallest absolute Gasteiger partial charge is 0.261 e. The molecule has 0 spiro atoms. The van der Waals surface area contributed by atoms with Gasteiger partial charge in [0.1, 0.15) is 5.01 Å². The zero-order valence-electron chi connectivity index (χ0n) is 12.0. The van der Waals surface area contributed by atoms with Crippen molar-refractivity contribution in [1.82, 2.24) is 10.3 Å². The molecule has 0 aliphatic carbocycles. The third-order valence-corrected chi connectivity index (χ3v) is 4.95. The highest BCUT2D eigenvalue weighted by atomic mass is 32.1. The third kappa shape index (κ3) is 3.91. The topological polar surface area (TPSA) is 68.0 Å². The fourth-order valence-corrected chi connectivity index (χ4v) is 3.55. The Bertz CT molecular complexity index is 665. The lowest BCUT2D eigenvalue weighted by Gasteiger charge is -2.13. The first-order valence-corrected chi connectivity index (χ1v) is 8.35. The predicted octanol–water partition coefficient (Wildman–Crippen LogP) is 2.70. The number of nitrogens with zero attached hydrogens (tertiary/aromatic N) is 1. The molecule has 21 heavy (non-hydrogen) atoms. The molecular weight excluding hydrogens is 302 g/mol. The molecule has 1 atom stereocenters. The number of hydrogen-bond donors (Lipinski definition) is 2. The Hall–Kier alpha value is -1.68. The molecule has 4 nitrogen and oxygen atoms in total. The summed E-state index contributed by atoms with van der Waals surface area (Å²) in [5, 5.41) is 5.88. The molecule has 0 fully saturated rings. The number of hydrogen-bond acceptors (Lipinski definition) is 5. The molecule has 2 heterocycles. The highest BCUT2D eigenvalue weighted by molar-refractivity contribution is 7.14. The lowest BCUT2D eigenvalue weighted by molar-refractivity contribution is 0.0939. The van der Waals surface area contributed by atoms with Gasteiger partial charge in [-0.1, -0.05) is 18.8 Å². The zero-order chi connectivity index (χ0) is 15.2. The van der Waals surface area contributed by atoms with E-state index in [0.717, 1.165) is 21.9 Å². The summed E-state index contributed by atoms with van der Waals surface area (Å²) in [5.74, 6) is 5.74. The second-order valence-corrected chi connectivity index (χ2v) is 6.41. The number of thiophene rings is 1. The summed E-state index contributed by atoms with van der Waals surface area (Å²) < 4.78 is 0. The molecule has 0 bridgehead atoms. The second kappa shape index (κ2) is 7.36. The second-order valence-electron chi connectivity index (χ2n) is 4.43. The van der Waals surface area contributed by atoms with E-state index >= 15 is 0 Å². The van der Waals surface area contributed by atoms with Crippen LogP contribution >= 0.6 is 22.7 Å². The Kier molecular flexibility index (Phi) is 5.51. The van der Waals surface area contributed by atoms with Gasteiger partial charge in [0.25, 0.3) is 5.91 Å². The Morgan fingerprint density at radius 3 is 3.00 bits per heavy atom. The lowest BCUT2D eigenvalue weighted by atomic mass is 10.2. The fourth-order valence-electron chi connectivity index (χ4n) is 1.82. The number of carbonyl (C=O) groups is 1. The van der Waals surface area contributed by atoms with Crippen LogP contribution in [0, 0.1) is 18.8 Å². The van der Waals surface area contributed by atoms with Gasteiger partial charge in [0.15, 0.2) is 0 Å². The quantitative estimate of drug-likeness (QED) is 0.851. The SMILES string of the molecule is CCC(NC(=O)c1cc(C)c(C#CCN)s1)c1nccs1. The summed E-state index contributed by atoms with van der Waals surface area (Å²) in [6, 6.07) is 1.83. The van der Waals surface area contributed by atoms with Crippen molar-refractivity contribution in [3.05, 3.63) is 38.0 Å². The molecule has 0 saturated heterocycles. The molecule has 0 radical (unpaired) electrons. The van der Waals surface area contributed by atoms with E-state index in [0.29, 0.717) is 11.4 Å². The Balaban J connectivity index is 2.13. The predicted molar refractivity (Wildman–Crippen MR) is 87.6 cm³/mol. The Labute approximate surface area is 132 Å². The molecule has 0 aliphatic heterocycles. The first kappa shape index (κ1) is 15.7. The van der Waals surface area contributed by atoms with Gasteiger partial charge in [0.2, 0.25) is 0 Å². The Morgan fingerprint density at radius 2 is 2.38 bits per heavy atom. The van der Waals surface area contributed by atoms with Gasteiger partial charge in [0.05, 0.1) is 22.3 Å². The summed E-state index contributed by atoms with van der Waals surface area (Å²) in [5.41, 5.74) is 6.38. The number of carbonyl (C=O) groups excluding carboxylic acids is 1. The minimum Gasteiger partial charge on any atom is -0.342 e. The summed E-state index contributed by atoms with van der Waals surface area (Å²) in [6.07, 6.45) is 2.56. The number of amides is 1. The van der Waals surface area contributed by atoms with E-state index in [1.807, 2.05) is 25.3 Å². The van der Waals surface area contributed by atoms with Crippen molar-refractivity contribution in [2.24, 2.45) is 5.73 Å². The number of nitrogens with two attached hydrogens (primary N) is 1. The van der Waals surface area contributed by atoms with Crippen LogP contribution in [0.1, 0.15) is 44.5 Å². The van der Waals surface area contributed by atoms with Gasteiger partial charge in [-0.15, -0.1) is 22.7 Å². The van der Waals surface area contributed by atoms with Crippen molar-refractivity contribution in [3.8, 4) is 11.8 Å². The maximum absolute atomic E-state index is 12.4. The van der Waals surface area contributed by atoms with E-state index in [2.05, 4.69) is 22.1 Å². The molecule has 2 aromatic heterocycles. The summed E-state index contributed by atoms with van der Waals surface area (Å²) in [6.45, 7) is 4.30. The average Bonchev–Trinajstić information content (AvgIpc) is 3.12. The summed E-state index contributed by atoms with van der Waals surface area (Å²) in [4.78, 5) is 18.2. The minimum absolute atomic E-state index is 0.0431. The zero-order valence-corrected chi connectivity index (χ0v) is 13.6. The molecule has 0 aliphatic rings. The number of aryl methyl sites for hydroxylation is 1. The average molecular weight is 319 g/mol. The van der Waals surface area contributed by atoms with Crippen LogP contribution in [-0.4, -0.2) is 17.4 Å². The Morgan fingerprint density at radius 1 is 1.57 bits per heavy atom. The maximum Gasteiger partial charge on any atom is 0.261 e. The van der Waals surface area contributed by atoms with Crippen molar-refractivity contribution < 1.29 is 4.79 Å². The van der Waals surface area contributed by atoms with Crippen LogP contribution in [0.3, 0.4) is 0 Å². The number of nitrogens with one attached hydrogen (secondary N) is 1. The molecule has 0 aromatic carbocycles. The van der Waals surface area contributed by atoms with E-state index in [9.17, 15) is 4.79 Å². The lowest BCUT2D eigenvalue weighted by Crippen LogP contribution is -2.27. The van der Waals surface area contributed by atoms with Gasteiger partial charge in [-0.2, -0.15) is 0 Å². The number of rotatable bonds is 4. The molecule has 110 valence electrons. The largest absolute Gasteiger partial charge is 0.342 e. The van der Waals surface area contributed by atoms with Gasteiger partial charge < -0.3 is 11.1 Å². The van der Waals surface area contributed by atoms with Gasteiger partial charge in [-0.3, -0.25) is 4.79 Å². The van der Waals surface area contributed by atoms with Crippen LogP contribution in [0.2, 0.25) is 0 Å².